The minimum absolute atomic E-state index is 0.0526. The Kier molecular flexibility index (Phi) is 2.97. The van der Waals surface area contributed by atoms with Gasteiger partial charge in [-0.25, -0.2) is 4.79 Å². The molecule has 1 aromatic rings. The van der Waals surface area contributed by atoms with Gasteiger partial charge in [0, 0.05) is 18.3 Å². The molecule has 1 unspecified atom stereocenters. The van der Waals surface area contributed by atoms with E-state index in [1.807, 2.05) is 13.0 Å². The summed E-state index contributed by atoms with van der Waals surface area (Å²) in [5.74, 6) is -1.22. The van der Waals surface area contributed by atoms with E-state index in [4.69, 9.17) is 10.2 Å². The van der Waals surface area contributed by atoms with Crippen LogP contribution in [0.1, 0.15) is 11.3 Å². The van der Waals surface area contributed by atoms with Gasteiger partial charge >= 0.3 is 5.97 Å². The molecule has 1 heterocycles. The van der Waals surface area contributed by atoms with Gasteiger partial charge in [0.1, 0.15) is 0 Å². The summed E-state index contributed by atoms with van der Waals surface area (Å²) in [6.45, 7) is 1.89. The molecule has 0 radical (unpaired) electrons. The lowest BCUT2D eigenvalue weighted by Gasteiger charge is -2.04. The van der Waals surface area contributed by atoms with E-state index in [0.717, 1.165) is 5.56 Å². The number of rotatable bonds is 3. The molecule has 0 aliphatic rings. The Hall–Kier alpha value is -1.42. The quantitative estimate of drug-likeness (QED) is 0.707. The molecule has 0 aliphatic carbocycles. The van der Waals surface area contributed by atoms with E-state index in [9.17, 15) is 4.79 Å². The fraction of sp³-hybridized carbons (Fsp3) is 0.333. The minimum atomic E-state index is -1.37. The summed E-state index contributed by atoms with van der Waals surface area (Å²) >= 11 is 0. The Bertz CT molecular complexity index is 311. The molecule has 0 saturated carbocycles. The molecular weight excluding hydrogens is 170 g/mol. The second kappa shape index (κ2) is 4.00. The molecular formula is C9H11NO3. The van der Waals surface area contributed by atoms with Gasteiger partial charge in [-0.1, -0.05) is 0 Å². The number of aromatic nitrogens is 1. The van der Waals surface area contributed by atoms with E-state index in [-0.39, 0.29) is 6.42 Å². The number of carbonyl (C=O) groups is 1. The van der Waals surface area contributed by atoms with Gasteiger partial charge < -0.3 is 10.2 Å². The van der Waals surface area contributed by atoms with E-state index < -0.39 is 12.1 Å². The third kappa shape index (κ3) is 2.83. The average molecular weight is 181 g/mol. The molecule has 13 heavy (non-hydrogen) atoms. The molecule has 0 aliphatic heterocycles. The zero-order valence-corrected chi connectivity index (χ0v) is 7.27. The zero-order valence-electron chi connectivity index (χ0n) is 7.27. The van der Waals surface area contributed by atoms with Crippen molar-refractivity contribution in [1.82, 2.24) is 4.98 Å². The van der Waals surface area contributed by atoms with Gasteiger partial charge in [0.15, 0.2) is 6.10 Å². The highest BCUT2D eigenvalue weighted by atomic mass is 16.4. The van der Waals surface area contributed by atoms with Crippen LogP contribution in [0.25, 0.3) is 0 Å². The molecule has 0 saturated heterocycles. The van der Waals surface area contributed by atoms with Gasteiger partial charge in [-0.2, -0.15) is 0 Å². The zero-order chi connectivity index (χ0) is 9.84. The number of aliphatic hydroxyl groups is 1. The predicted molar refractivity (Wildman–Crippen MR) is 46.3 cm³/mol. The van der Waals surface area contributed by atoms with E-state index in [0.29, 0.717) is 5.69 Å². The monoisotopic (exact) mass is 181 g/mol. The molecule has 0 aromatic carbocycles. The van der Waals surface area contributed by atoms with Gasteiger partial charge in [0.2, 0.25) is 0 Å². The highest BCUT2D eigenvalue weighted by molar-refractivity contribution is 5.72. The first-order valence-electron chi connectivity index (χ1n) is 3.92. The van der Waals surface area contributed by atoms with Crippen molar-refractivity contribution in [3.63, 3.8) is 0 Å². The van der Waals surface area contributed by atoms with Gasteiger partial charge in [-0.3, -0.25) is 4.98 Å². The second-order valence-corrected chi connectivity index (χ2v) is 2.88. The molecule has 2 N–H and O–H groups in total. The Morgan fingerprint density at radius 2 is 2.38 bits per heavy atom. The number of carboxylic acid groups (broad SMARTS) is 1. The Labute approximate surface area is 75.9 Å². The summed E-state index contributed by atoms with van der Waals surface area (Å²) in [5.41, 5.74) is 1.59. The lowest BCUT2D eigenvalue weighted by molar-refractivity contribution is -0.146. The van der Waals surface area contributed by atoms with Gasteiger partial charge in [-0.05, 0) is 24.6 Å². The summed E-state index contributed by atoms with van der Waals surface area (Å²) in [6, 6.07) is 3.57. The molecule has 1 aromatic heterocycles. The normalized spacial score (nSPS) is 12.5. The van der Waals surface area contributed by atoms with Gasteiger partial charge in [0.05, 0.1) is 0 Å². The number of hydrogen-bond acceptors (Lipinski definition) is 3. The van der Waals surface area contributed by atoms with Crippen LogP contribution in [-0.2, 0) is 11.2 Å². The molecule has 0 bridgehead atoms. The number of nitrogens with zero attached hydrogens (tertiary/aromatic N) is 1. The van der Waals surface area contributed by atoms with E-state index >= 15 is 0 Å². The Morgan fingerprint density at radius 1 is 1.69 bits per heavy atom. The molecule has 70 valence electrons. The maximum absolute atomic E-state index is 10.3. The van der Waals surface area contributed by atoms with Crippen molar-refractivity contribution in [2.75, 3.05) is 0 Å². The lowest BCUT2D eigenvalue weighted by Crippen LogP contribution is -2.22. The van der Waals surface area contributed by atoms with E-state index in [1.54, 1.807) is 12.3 Å². The summed E-state index contributed by atoms with van der Waals surface area (Å²) < 4.78 is 0. The van der Waals surface area contributed by atoms with Crippen LogP contribution in [-0.4, -0.2) is 27.3 Å². The predicted octanol–water partition coefficient (Wildman–Crippen LogP) is 0.378. The highest BCUT2D eigenvalue weighted by Crippen LogP contribution is 2.03. The van der Waals surface area contributed by atoms with Crippen molar-refractivity contribution in [3.05, 3.63) is 29.6 Å². The maximum Gasteiger partial charge on any atom is 0.332 e. The van der Waals surface area contributed by atoms with Crippen LogP contribution in [0, 0.1) is 6.92 Å². The summed E-state index contributed by atoms with van der Waals surface area (Å²) in [7, 11) is 0. The van der Waals surface area contributed by atoms with Crippen LogP contribution in [0.3, 0.4) is 0 Å². The van der Waals surface area contributed by atoms with Crippen molar-refractivity contribution in [2.45, 2.75) is 19.4 Å². The number of carboxylic acids is 1. The topological polar surface area (TPSA) is 70.4 Å². The number of pyridine rings is 1. The first-order chi connectivity index (χ1) is 6.09. The molecule has 4 nitrogen and oxygen atoms in total. The van der Waals surface area contributed by atoms with E-state index in [1.165, 1.54) is 0 Å². The third-order valence-electron chi connectivity index (χ3n) is 1.66. The second-order valence-electron chi connectivity index (χ2n) is 2.88. The van der Waals surface area contributed by atoms with Crippen LogP contribution in [0.4, 0.5) is 0 Å². The molecule has 4 heteroatoms. The van der Waals surface area contributed by atoms with Crippen LogP contribution < -0.4 is 0 Å². The summed E-state index contributed by atoms with van der Waals surface area (Å²) in [6.07, 6.45) is 0.283. The summed E-state index contributed by atoms with van der Waals surface area (Å²) in [4.78, 5) is 14.2. The Balaban J connectivity index is 2.69. The number of hydrogen-bond donors (Lipinski definition) is 2. The van der Waals surface area contributed by atoms with Crippen LogP contribution in [0.2, 0.25) is 0 Å². The highest BCUT2D eigenvalue weighted by Gasteiger charge is 2.13. The van der Waals surface area contributed by atoms with Crippen molar-refractivity contribution in [1.29, 1.82) is 0 Å². The number of aliphatic carboxylic acids is 1. The number of aryl methyl sites for hydroxylation is 1. The largest absolute Gasteiger partial charge is 0.479 e. The Morgan fingerprint density at radius 3 is 2.92 bits per heavy atom. The van der Waals surface area contributed by atoms with Gasteiger partial charge in [0.25, 0.3) is 0 Å². The average Bonchev–Trinajstić information content (AvgIpc) is 2.04. The lowest BCUT2D eigenvalue weighted by atomic mass is 10.1. The van der Waals surface area contributed by atoms with Crippen molar-refractivity contribution in [3.8, 4) is 0 Å². The first-order valence-corrected chi connectivity index (χ1v) is 3.92. The summed E-state index contributed by atoms with van der Waals surface area (Å²) in [5, 5.41) is 17.5. The molecule has 0 amide bonds. The van der Waals surface area contributed by atoms with Crippen LogP contribution >= 0.6 is 0 Å². The van der Waals surface area contributed by atoms with Gasteiger partial charge in [-0.15, -0.1) is 0 Å². The first kappa shape index (κ1) is 9.67. The van der Waals surface area contributed by atoms with Crippen LogP contribution in [0.15, 0.2) is 18.3 Å². The van der Waals surface area contributed by atoms with Crippen molar-refractivity contribution >= 4 is 5.97 Å². The van der Waals surface area contributed by atoms with Crippen molar-refractivity contribution in [2.24, 2.45) is 0 Å². The van der Waals surface area contributed by atoms with E-state index in [2.05, 4.69) is 4.98 Å². The standard InChI is InChI=1S/C9H11NO3/c1-6-2-3-10-7(4-6)5-8(11)9(12)13/h2-4,8,11H,5H2,1H3,(H,12,13). The fourth-order valence-corrected chi connectivity index (χ4v) is 0.996. The molecule has 1 rings (SSSR count). The smallest absolute Gasteiger partial charge is 0.332 e. The molecule has 0 spiro atoms. The minimum Gasteiger partial charge on any atom is -0.479 e. The van der Waals surface area contributed by atoms with Crippen molar-refractivity contribution < 1.29 is 15.0 Å². The molecule has 1 atom stereocenters. The third-order valence-corrected chi connectivity index (χ3v) is 1.66. The molecule has 0 fully saturated rings. The van der Waals surface area contributed by atoms with Crippen LogP contribution in [0.5, 0.6) is 0 Å². The SMILES string of the molecule is Cc1ccnc(CC(O)C(=O)O)c1. The maximum atomic E-state index is 10.3. The number of aliphatic hydroxyl groups excluding tert-OH is 1. The fourth-order valence-electron chi connectivity index (χ4n) is 0.996.